The number of hydrogen-bond acceptors (Lipinski definition) is 10. The fourth-order valence-electron chi connectivity index (χ4n) is 2.66. The van der Waals surface area contributed by atoms with E-state index in [-0.39, 0.29) is 23.1 Å². The molecule has 1 unspecified atom stereocenters. The first-order valence-corrected chi connectivity index (χ1v) is 8.08. The second kappa shape index (κ2) is 8.66. The maximum Gasteiger partial charge on any atom is 0.242 e. The largest absolute Gasteiger partial charge is 0.492 e. The van der Waals surface area contributed by atoms with E-state index in [1.807, 2.05) is 19.0 Å². The maximum atomic E-state index is 9.92. The molecular weight excluding hydrogens is 346 g/mol. The molecule has 2 aromatic heterocycles. The highest BCUT2D eigenvalue weighted by atomic mass is 16.6. The highest BCUT2D eigenvalue weighted by molar-refractivity contribution is 5.75. The Morgan fingerprint density at radius 1 is 1.23 bits per heavy atom. The Balaban J connectivity index is 0.000000298. The van der Waals surface area contributed by atoms with Gasteiger partial charge in [-0.3, -0.25) is 4.57 Å². The molecule has 0 amide bonds. The van der Waals surface area contributed by atoms with Gasteiger partial charge in [-0.25, -0.2) is 9.97 Å². The molecule has 0 bridgehead atoms. The molecule has 1 aliphatic rings. The number of fused-ring (bicyclic) bond motifs is 1. The van der Waals surface area contributed by atoms with Crippen LogP contribution in [0, 0.1) is 0 Å². The number of hydrogen-bond donors (Lipinski definition) is 5. The van der Waals surface area contributed by atoms with Crippen molar-refractivity contribution in [1.29, 1.82) is 0 Å². The Morgan fingerprint density at radius 2 is 1.92 bits per heavy atom. The lowest BCUT2D eigenvalue weighted by molar-refractivity contribution is -0.0511. The van der Waals surface area contributed by atoms with Gasteiger partial charge in [0.05, 0.1) is 19.0 Å². The van der Waals surface area contributed by atoms with E-state index in [0.717, 1.165) is 12.9 Å². The van der Waals surface area contributed by atoms with E-state index in [2.05, 4.69) is 15.0 Å². The summed E-state index contributed by atoms with van der Waals surface area (Å²) >= 11 is 0. The van der Waals surface area contributed by atoms with Crippen LogP contribution in [0.2, 0.25) is 0 Å². The molecule has 26 heavy (non-hydrogen) atoms. The monoisotopic (exact) mass is 371 g/mol. The normalized spacial score (nSPS) is 26.8. The van der Waals surface area contributed by atoms with Gasteiger partial charge in [0.1, 0.15) is 24.6 Å². The van der Waals surface area contributed by atoms with Gasteiger partial charge in [0.2, 0.25) is 5.88 Å². The van der Waals surface area contributed by atoms with Crippen LogP contribution in [0.5, 0.6) is 5.88 Å². The molecule has 146 valence electrons. The van der Waals surface area contributed by atoms with Gasteiger partial charge in [0, 0.05) is 6.54 Å². The number of aromatic nitrogens is 4. The number of aliphatic hydroxyl groups excluding tert-OH is 4. The summed E-state index contributed by atoms with van der Waals surface area (Å²) in [5, 5.41) is 46.9. The Labute approximate surface area is 150 Å². The van der Waals surface area contributed by atoms with Crippen molar-refractivity contribution in [3.8, 4) is 5.88 Å². The number of imidazole rings is 1. The molecule has 0 aromatic carbocycles. The van der Waals surface area contributed by atoms with E-state index in [9.17, 15) is 15.3 Å². The van der Waals surface area contributed by atoms with Crippen molar-refractivity contribution in [3.05, 3.63) is 12.7 Å². The van der Waals surface area contributed by atoms with Crippen LogP contribution in [0.4, 0.5) is 0 Å². The smallest absolute Gasteiger partial charge is 0.242 e. The van der Waals surface area contributed by atoms with Crippen LogP contribution in [-0.4, -0.2) is 102 Å². The first kappa shape index (κ1) is 20.4. The highest BCUT2D eigenvalue weighted by Gasteiger charge is 2.44. The molecule has 5 atom stereocenters. The zero-order valence-corrected chi connectivity index (χ0v) is 14.8. The van der Waals surface area contributed by atoms with Crippen LogP contribution in [0.15, 0.2) is 12.7 Å². The van der Waals surface area contributed by atoms with Crippen LogP contribution in [-0.2, 0) is 4.74 Å². The molecule has 0 aliphatic carbocycles. The van der Waals surface area contributed by atoms with Gasteiger partial charge < -0.3 is 35.2 Å². The molecule has 1 fully saturated rings. The minimum atomic E-state index is -1.23. The van der Waals surface area contributed by atoms with Crippen LogP contribution < -0.4 is 0 Å². The van der Waals surface area contributed by atoms with Crippen LogP contribution >= 0.6 is 0 Å². The van der Waals surface area contributed by atoms with Crippen LogP contribution in [0.25, 0.3) is 11.2 Å². The van der Waals surface area contributed by atoms with Crippen molar-refractivity contribution >= 4 is 11.2 Å². The molecule has 11 heteroatoms. The van der Waals surface area contributed by atoms with Gasteiger partial charge in [-0.2, -0.15) is 4.98 Å². The average molecular weight is 371 g/mol. The van der Waals surface area contributed by atoms with Gasteiger partial charge in [0.15, 0.2) is 17.4 Å². The summed E-state index contributed by atoms with van der Waals surface area (Å²) < 4.78 is 6.73. The van der Waals surface area contributed by atoms with Gasteiger partial charge in [-0.05, 0) is 21.0 Å². The summed E-state index contributed by atoms with van der Waals surface area (Å²) in [6, 6.07) is 0. The molecule has 0 radical (unpaired) electrons. The topological polar surface area (TPSA) is 157 Å². The molecule has 0 saturated carbocycles. The van der Waals surface area contributed by atoms with E-state index in [1.54, 1.807) is 6.92 Å². The van der Waals surface area contributed by atoms with E-state index in [0.29, 0.717) is 0 Å². The predicted molar refractivity (Wildman–Crippen MR) is 90.2 cm³/mol. The third kappa shape index (κ3) is 4.44. The summed E-state index contributed by atoms with van der Waals surface area (Å²) in [5.74, 6) is -0.282. The minimum Gasteiger partial charge on any atom is -0.492 e. The van der Waals surface area contributed by atoms with Crippen molar-refractivity contribution < 1.29 is 30.3 Å². The van der Waals surface area contributed by atoms with Gasteiger partial charge >= 0.3 is 0 Å². The number of rotatable bonds is 4. The summed E-state index contributed by atoms with van der Waals surface area (Å²) in [5.41, 5.74) is 0.433. The summed E-state index contributed by atoms with van der Waals surface area (Å²) in [6.07, 6.45) is -1.99. The van der Waals surface area contributed by atoms with Crippen LogP contribution in [0.1, 0.15) is 13.2 Å². The zero-order chi connectivity index (χ0) is 19.4. The minimum absolute atomic E-state index is 0.167. The quantitative estimate of drug-likeness (QED) is 0.410. The van der Waals surface area contributed by atoms with Gasteiger partial charge in [0.25, 0.3) is 0 Å². The molecule has 1 aliphatic heterocycles. The van der Waals surface area contributed by atoms with E-state index >= 15 is 0 Å². The highest BCUT2D eigenvalue weighted by Crippen LogP contribution is 2.32. The maximum absolute atomic E-state index is 9.92. The standard InChI is InChI=1S/C10H12N4O5.C5H13NO/c15-1-4-6(16)7(17)10(19-4)14-3-13-5-8(14)11-2-12-9(5)18;1-5(7)4-6(2)3/h2-4,6-7,10,15-17H,1H2,(H,11,12,18);5,7H,4H2,1-3H3/t4-,6-,7-,10-;/m1./s1. The molecule has 0 spiro atoms. The lowest BCUT2D eigenvalue weighted by Gasteiger charge is -2.16. The second-order valence-electron chi connectivity index (χ2n) is 6.36. The molecule has 5 N–H and O–H groups in total. The third-order valence-electron chi connectivity index (χ3n) is 3.76. The fourth-order valence-corrected chi connectivity index (χ4v) is 2.66. The number of nitrogens with zero attached hydrogens (tertiary/aromatic N) is 5. The molecule has 11 nitrogen and oxygen atoms in total. The van der Waals surface area contributed by atoms with E-state index < -0.39 is 31.1 Å². The number of aromatic hydroxyl groups is 1. The van der Waals surface area contributed by atoms with Crippen LogP contribution in [0.3, 0.4) is 0 Å². The third-order valence-corrected chi connectivity index (χ3v) is 3.76. The summed E-state index contributed by atoms with van der Waals surface area (Å²) in [4.78, 5) is 13.4. The first-order chi connectivity index (χ1) is 12.3. The van der Waals surface area contributed by atoms with Crippen molar-refractivity contribution in [2.45, 2.75) is 37.6 Å². The molecule has 3 heterocycles. The first-order valence-electron chi connectivity index (χ1n) is 8.08. The molecular formula is C15H25N5O6. The predicted octanol–water partition coefficient (Wildman–Crippen LogP) is -1.93. The fraction of sp³-hybridized carbons (Fsp3) is 0.667. The SMILES string of the molecule is CC(O)CN(C)C.OC[C@H]1O[C@@H](n2cnc3c(O)ncnc32)[C@H](O)[C@@H]1O. The Morgan fingerprint density at radius 3 is 2.42 bits per heavy atom. The van der Waals surface area contributed by atoms with E-state index in [1.165, 1.54) is 10.9 Å². The van der Waals surface area contributed by atoms with Crippen molar-refractivity contribution in [1.82, 2.24) is 24.4 Å². The number of aliphatic hydroxyl groups is 4. The van der Waals surface area contributed by atoms with Crippen molar-refractivity contribution in [3.63, 3.8) is 0 Å². The zero-order valence-electron chi connectivity index (χ0n) is 14.8. The van der Waals surface area contributed by atoms with Gasteiger partial charge in [-0.15, -0.1) is 0 Å². The second-order valence-corrected chi connectivity index (χ2v) is 6.36. The number of likely N-dealkylation sites (N-methyl/N-ethyl adjacent to an activating group) is 1. The lowest BCUT2D eigenvalue weighted by atomic mass is 10.1. The lowest BCUT2D eigenvalue weighted by Crippen LogP contribution is -2.33. The summed E-state index contributed by atoms with van der Waals surface area (Å²) in [6.45, 7) is 2.11. The average Bonchev–Trinajstić information content (AvgIpc) is 3.10. The molecule has 1 saturated heterocycles. The van der Waals surface area contributed by atoms with Crippen molar-refractivity contribution in [2.24, 2.45) is 0 Å². The Kier molecular flexibility index (Phi) is 6.81. The summed E-state index contributed by atoms with van der Waals surface area (Å²) in [7, 11) is 3.87. The van der Waals surface area contributed by atoms with E-state index in [4.69, 9.17) is 14.9 Å². The number of ether oxygens (including phenoxy) is 1. The Hall–Kier alpha value is -1.89. The van der Waals surface area contributed by atoms with Crippen molar-refractivity contribution in [2.75, 3.05) is 27.2 Å². The Bertz CT molecular complexity index is 703. The molecule has 2 aromatic rings. The molecule has 3 rings (SSSR count). The van der Waals surface area contributed by atoms with Gasteiger partial charge in [-0.1, -0.05) is 0 Å².